The van der Waals surface area contributed by atoms with Crippen molar-refractivity contribution >= 4 is 43.6 Å². The fourth-order valence-electron chi connectivity index (χ4n) is 8.64. The minimum atomic E-state index is 0.105. The van der Waals surface area contributed by atoms with Crippen LogP contribution >= 0.6 is 0 Å². The van der Waals surface area contributed by atoms with Crippen LogP contribution in [-0.4, -0.2) is 9.55 Å². The molecule has 2 aromatic heterocycles. The highest BCUT2D eigenvalue weighted by atomic mass is 15.0. The highest BCUT2D eigenvalue weighted by Crippen LogP contribution is 2.56. The minimum Gasteiger partial charge on any atom is -0.354 e. The maximum Gasteiger partial charge on any atom is 0.0548 e. The number of aromatic nitrogens is 2. The first kappa shape index (κ1) is 27.2. The van der Waals surface area contributed by atoms with Crippen LogP contribution in [-0.2, 0) is 10.8 Å². The molecule has 2 heterocycles. The summed E-state index contributed by atoms with van der Waals surface area (Å²) < 4.78 is 2.42. The lowest BCUT2D eigenvalue weighted by Crippen LogP contribution is -2.31. The first-order valence-electron chi connectivity index (χ1n) is 16.5. The lowest BCUT2D eigenvalue weighted by molar-refractivity contribution is 0.264. The number of aromatic amines is 1. The van der Waals surface area contributed by atoms with Gasteiger partial charge in [-0.05, 0) is 92.6 Å². The topological polar surface area (TPSA) is 20.7 Å². The van der Waals surface area contributed by atoms with E-state index in [1.807, 2.05) is 0 Å². The third kappa shape index (κ3) is 3.70. The number of hydrogen-bond acceptors (Lipinski definition) is 0. The molecule has 0 bridgehead atoms. The number of rotatable bonds is 3. The number of nitrogens with one attached hydrogen (secondary N) is 1. The summed E-state index contributed by atoms with van der Waals surface area (Å²) in [5, 5.41) is 5.05. The van der Waals surface area contributed by atoms with E-state index >= 15 is 0 Å². The fourth-order valence-corrected chi connectivity index (χ4v) is 8.64. The van der Waals surface area contributed by atoms with Crippen LogP contribution in [0, 0.1) is 5.92 Å². The summed E-state index contributed by atoms with van der Waals surface area (Å²) in [5.74, 6) is 0.555. The molecule has 0 saturated carbocycles. The van der Waals surface area contributed by atoms with Crippen LogP contribution in [0.1, 0.15) is 45.7 Å². The van der Waals surface area contributed by atoms with Gasteiger partial charge in [-0.25, -0.2) is 0 Å². The number of benzene rings is 6. The Bertz CT molecular complexity index is 2480. The first-order valence-corrected chi connectivity index (χ1v) is 16.5. The van der Waals surface area contributed by atoms with Crippen molar-refractivity contribution in [3.8, 4) is 27.9 Å². The zero-order chi connectivity index (χ0) is 31.4. The van der Waals surface area contributed by atoms with Gasteiger partial charge >= 0.3 is 0 Å². The van der Waals surface area contributed by atoms with Crippen LogP contribution < -0.4 is 0 Å². The maximum atomic E-state index is 3.64. The van der Waals surface area contributed by atoms with Gasteiger partial charge in [-0.15, -0.1) is 0 Å². The molecule has 9 rings (SSSR count). The molecule has 0 aliphatic heterocycles. The largest absolute Gasteiger partial charge is 0.354 e. The molecule has 1 unspecified atom stereocenters. The lowest BCUT2D eigenvalue weighted by atomic mass is 9.71. The molecule has 0 saturated heterocycles. The standard InChI is InChI=1S/C44H38N2/c1-27-43(2,3)37-17-11-16-32(42(37)44(27,4)5)30-13-10-12-29(24-30)28-20-22-31(23-21-28)46-40-19-9-7-15-34(40)36-25-39-35(26-41(36)46)33-14-6-8-18-38(33)45-39/h6-27,45H,1-5H3. The number of H-pyrrole nitrogens is 1. The van der Waals surface area contributed by atoms with Crippen LogP contribution in [0.4, 0.5) is 0 Å². The molecular formula is C44H38N2. The van der Waals surface area contributed by atoms with Crippen LogP contribution in [0.25, 0.3) is 71.6 Å². The fraction of sp³-hybridized carbons (Fsp3) is 0.182. The summed E-state index contributed by atoms with van der Waals surface area (Å²) >= 11 is 0. The van der Waals surface area contributed by atoms with Crippen molar-refractivity contribution in [2.24, 2.45) is 5.92 Å². The summed E-state index contributed by atoms with van der Waals surface area (Å²) in [7, 11) is 0. The van der Waals surface area contributed by atoms with Gasteiger partial charge in [0.05, 0.1) is 11.0 Å². The van der Waals surface area contributed by atoms with E-state index in [2.05, 4.69) is 172 Å². The quantitative estimate of drug-likeness (QED) is 0.210. The molecule has 46 heavy (non-hydrogen) atoms. The van der Waals surface area contributed by atoms with Crippen molar-refractivity contribution in [1.82, 2.24) is 9.55 Å². The Labute approximate surface area is 270 Å². The van der Waals surface area contributed by atoms with Gasteiger partial charge in [-0.3, -0.25) is 0 Å². The molecule has 224 valence electrons. The normalized spacial score (nSPS) is 16.9. The number of fused-ring (bicyclic) bond motifs is 7. The molecule has 1 atom stereocenters. The Morgan fingerprint density at radius 2 is 1.24 bits per heavy atom. The predicted molar refractivity (Wildman–Crippen MR) is 196 cm³/mol. The molecule has 1 aliphatic rings. The van der Waals surface area contributed by atoms with E-state index in [4.69, 9.17) is 0 Å². The van der Waals surface area contributed by atoms with Gasteiger partial charge in [0, 0.05) is 38.3 Å². The molecule has 0 radical (unpaired) electrons. The van der Waals surface area contributed by atoms with Crippen LogP contribution in [0.2, 0.25) is 0 Å². The first-order chi connectivity index (χ1) is 22.2. The molecule has 0 amide bonds. The average molecular weight is 595 g/mol. The smallest absolute Gasteiger partial charge is 0.0548 e. The predicted octanol–water partition coefficient (Wildman–Crippen LogP) is 12.0. The van der Waals surface area contributed by atoms with Crippen LogP contribution in [0.5, 0.6) is 0 Å². The van der Waals surface area contributed by atoms with Crippen molar-refractivity contribution in [2.45, 2.75) is 45.4 Å². The van der Waals surface area contributed by atoms with Gasteiger partial charge in [0.2, 0.25) is 0 Å². The van der Waals surface area contributed by atoms with Gasteiger partial charge in [-0.2, -0.15) is 0 Å². The summed E-state index contributed by atoms with van der Waals surface area (Å²) in [6, 6.07) is 47.2. The van der Waals surface area contributed by atoms with Gasteiger partial charge in [0.1, 0.15) is 0 Å². The molecule has 2 heteroatoms. The molecule has 1 aliphatic carbocycles. The summed E-state index contributed by atoms with van der Waals surface area (Å²) in [6.45, 7) is 12.1. The van der Waals surface area contributed by atoms with E-state index in [9.17, 15) is 0 Å². The lowest BCUT2D eigenvalue weighted by Gasteiger charge is -2.33. The Kier molecular flexibility index (Phi) is 5.61. The second-order valence-corrected chi connectivity index (χ2v) is 14.5. The van der Waals surface area contributed by atoms with E-state index in [1.165, 1.54) is 82.7 Å². The number of para-hydroxylation sites is 2. The SMILES string of the molecule is CC1C(C)(C)c2cccc(-c3cccc(-c4ccc(-n5c6ccccc6c6cc7[nH]c8ccccc8c7cc65)cc4)c3)c2C1(C)C. The van der Waals surface area contributed by atoms with Gasteiger partial charge in [0.15, 0.2) is 0 Å². The Morgan fingerprint density at radius 1 is 0.522 bits per heavy atom. The van der Waals surface area contributed by atoms with Crippen molar-refractivity contribution in [3.63, 3.8) is 0 Å². The molecule has 2 nitrogen and oxygen atoms in total. The van der Waals surface area contributed by atoms with E-state index in [-0.39, 0.29) is 10.8 Å². The number of nitrogens with zero attached hydrogens (tertiary/aromatic N) is 1. The van der Waals surface area contributed by atoms with Gasteiger partial charge in [0.25, 0.3) is 0 Å². The Balaban J connectivity index is 1.16. The summed E-state index contributed by atoms with van der Waals surface area (Å²) in [5.41, 5.74) is 14.4. The third-order valence-corrected chi connectivity index (χ3v) is 11.5. The van der Waals surface area contributed by atoms with Crippen molar-refractivity contribution in [2.75, 3.05) is 0 Å². The molecule has 0 fully saturated rings. The van der Waals surface area contributed by atoms with Gasteiger partial charge < -0.3 is 9.55 Å². The highest BCUT2D eigenvalue weighted by Gasteiger charge is 2.49. The molecular weight excluding hydrogens is 556 g/mol. The highest BCUT2D eigenvalue weighted by molar-refractivity contribution is 6.18. The van der Waals surface area contributed by atoms with Crippen molar-refractivity contribution in [3.05, 3.63) is 139 Å². The van der Waals surface area contributed by atoms with E-state index in [0.29, 0.717) is 5.92 Å². The second kappa shape index (κ2) is 9.47. The Morgan fingerprint density at radius 3 is 2.07 bits per heavy atom. The van der Waals surface area contributed by atoms with E-state index in [0.717, 1.165) is 0 Å². The molecule has 6 aromatic carbocycles. The summed E-state index contributed by atoms with van der Waals surface area (Å²) in [4.78, 5) is 3.64. The minimum absolute atomic E-state index is 0.105. The van der Waals surface area contributed by atoms with Crippen molar-refractivity contribution in [1.29, 1.82) is 0 Å². The molecule has 1 N–H and O–H groups in total. The molecule has 0 spiro atoms. The summed E-state index contributed by atoms with van der Waals surface area (Å²) in [6.07, 6.45) is 0. The Hall–Kier alpha value is -5.08. The monoisotopic (exact) mass is 594 g/mol. The third-order valence-electron chi connectivity index (χ3n) is 11.5. The zero-order valence-corrected chi connectivity index (χ0v) is 27.1. The van der Waals surface area contributed by atoms with Crippen molar-refractivity contribution < 1.29 is 0 Å². The maximum absolute atomic E-state index is 3.64. The average Bonchev–Trinajstić information content (AvgIpc) is 3.65. The van der Waals surface area contributed by atoms with Crippen LogP contribution in [0.3, 0.4) is 0 Å². The van der Waals surface area contributed by atoms with Crippen LogP contribution in [0.15, 0.2) is 127 Å². The van der Waals surface area contributed by atoms with E-state index < -0.39 is 0 Å². The zero-order valence-electron chi connectivity index (χ0n) is 27.1. The van der Waals surface area contributed by atoms with Gasteiger partial charge in [-0.1, -0.05) is 120 Å². The van der Waals surface area contributed by atoms with E-state index in [1.54, 1.807) is 0 Å². The number of hydrogen-bond donors (Lipinski definition) is 1. The second-order valence-electron chi connectivity index (χ2n) is 14.5. The molecule has 8 aromatic rings.